The van der Waals surface area contributed by atoms with E-state index in [9.17, 15) is 9.18 Å². The Labute approximate surface area is 123 Å². The van der Waals surface area contributed by atoms with Gasteiger partial charge in [-0.15, -0.1) is 0 Å². The molecule has 1 amide bonds. The molecule has 0 unspecified atom stereocenters. The van der Waals surface area contributed by atoms with Crippen LogP contribution < -0.4 is 0 Å². The third kappa shape index (κ3) is 3.10. The van der Waals surface area contributed by atoms with Crippen molar-refractivity contribution in [3.8, 4) is 0 Å². The summed E-state index contributed by atoms with van der Waals surface area (Å²) >= 11 is 0. The second-order valence-electron chi connectivity index (χ2n) is 5.32. The Hall–Kier alpha value is -2.23. The Kier molecular flexibility index (Phi) is 3.95. The number of carbonyl (C=O) groups is 1. The van der Waals surface area contributed by atoms with Crippen molar-refractivity contribution in [3.05, 3.63) is 65.7 Å². The third-order valence-electron chi connectivity index (χ3n) is 3.99. The number of likely N-dealkylation sites (tertiary alicyclic amines) is 1. The van der Waals surface area contributed by atoms with Crippen LogP contribution in [-0.2, 0) is 0 Å². The second kappa shape index (κ2) is 6.04. The zero-order chi connectivity index (χ0) is 14.7. The van der Waals surface area contributed by atoms with Crippen molar-refractivity contribution < 1.29 is 9.18 Å². The molecular weight excluding hydrogens is 267 g/mol. The van der Waals surface area contributed by atoms with Crippen molar-refractivity contribution in [1.82, 2.24) is 9.88 Å². The predicted octanol–water partition coefficient (Wildman–Crippen LogP) is 3.24. The van der Waals surface area contributed by atoms with E-state index in [1.165, 1.54) is 17.7 Å². The molecule has 1 fully saturated rings. The number of hydrogen-bond acceptors (Lipinski definition) is 2. The molecule has 3 nitrogen and oxygen atoms in total. The van der Waals surface area contributed by atoms with E-state index in [-0.39, 0.29) is 11.6 Å². The van der Waals surface area contributed by atoms with Crippen LogP contribution in [0.15, 0.2) is 48.5 Å². The van der Waals surface area contributed by atoms with Crippen LogP contribution in [-0.4, -0.2) is 28.9 Å². The first-order chi connectivity index (χ1) is 10.2. The molecule has 108 valence electrons. The minimum Gasteiger partial charge on any atom is -0.337 e. The first-order valence-corrected chi connectivity index (χ1v) is 7.21. The summed E-state index contributed by atoms with van der Waals surface area (Å²) in [6, 6.07) is 14.7. The van der Waals surface area contributed by atoms with E-state index < -0.39 is 5.95 Å². The summed E-state index contributed by atoms with van der Waals surface area (Å²) in [5.74, 6) is -0.295. The lowest BCUT2D eigenvalue weighted by molar-refractivity contribution is 0.0705. The quantitative estimate of drug-likeness (QED) is 0.793. The zero-order valence-corrected chi connectivity index (χ0v) is 11.7. The fraction of sp³-hybridized carbons (Fsp3) is 0.294. The third-order valence-corrected chi connectivity index (χ3v) is 3.99. The molecule has 1 aliphatic rings. The monoisotopic (exact) mass is 284 g/mol. The number of benzene rings is 1. The van der Waals surface area contributed by atoms with Gasteiger partial charge in [0.05, 0.1) is 0 Å². The van der Waals surface area contributed by atoms with Crippen LogP contribution in [0, 0.1) is 5.95 Å². The lowest BCUT2D eigenvalue weighted by Gasteiger charge is -2.32. The molecule has 1 aromatic carbocycles. The molecule has 0 spiro atoms. The van der Waals surface area contributed by atoms with Crippen LogP contribution in [0.5, 0.6) is 0 Å². The summed E-state index contributed by atoms with van der Waals surface area (Å²) in [6.45, 7) is 1.38. The lowest BCUT2D eigenvalue weighted by atomic mass is 9.89. The van der Waals surface area contributed by atoms with Crippen molar-refractivity contribution >= 4 is 5.91 Å². The van der Waals surface area contributed by atoms with E-state index in [2.05, 4.69) is 17.1 Å². The minimum atomic E-state index is -0.611. The minimum absolute atomic E-state index is 0.180. The molecule has 0 radical (unpaired) electrons. The maximum absolute atomic E-state index is 13.1. The zero-order valence-electron chi connectivity index (χ0n) is 11.7. The van der Waals surface area contributed by atoms with Crippen LogP contribution in [0.3, 0.4) is 0 Å². The van der Waals surface area contributed by atoms with Gasteiger partial charge in [0.1, 0.15) is 5.69 Å². The standard InChI is InChI=1S/C17H17FN2O/c18-16-8-4-7-15(19-16)17(21)20-11-9-14(10-12-20)13-5-2-1-3-6-13/h1-8,14H,9-12H2. The molecule has 0 saturated carbocycles. The van der Waals surface area contributed by atoms with Gasteiger partial charge in [0.2, 0.25) is 5.95 Å². The molecule has 21 heavy (non-hydrogen) atoms. The van der Waals surface area contributed by atoms with Gasteiger partial charge in [-0.2, -0.15) is 4.39 Å². The number of halogens is 1. The van der Waals surface area contributed by atoms with Gasteiger partial charge in [-0.3, -0.25) is 4.79 Å². The van der Waals surface area contributed by atoms with Gasteiger partial charge in [-0.25, -0.2) is 4.98 Å². The van der Waals surface area contributed by atoms with Crippen LogP contribution in [0.25, 0.3) is 0 Å². The Morgan fingerprint density at radius 1 is 1.05 bits per heavy atom. The average molecular weight is 284 g/mol. The van der Waals surface area contributed by atoms with E-state index >= 15 is 0 Å². The van der Waals surface area contributed by atoms with Crippen LogP contribution in [0.2, 0.25) is 0 Å². The summed E-state index contributed by atoms with van der Waals surface area (Å²) in [4.78, 5) is 17.7. The van der Waals surface area contributed by atoms with E-state index in [1.54, 1.807) is 11.0 Å². The Balaban J connectivity index is 1.64. The number of hydrogen-bond donors (Lipinski definition) is 0. The number of pyridine rings is 1. The summed E-state index contributed by atoms with van der Waals surface area (Å²) in [5, 5.41) is 0. The highest BCUT2D eigenvalue weighted by Gasteiger charge is 2.25. The summed E-state index contributed by atoms with van der Waals surface area (Å²) in [6.07, 6.45) is 1.87. The van der Waals surface area contributed by atoms with Gasteiger partial charge < -0.3 is 4.90 Å². The Bertz CT molecular complexity index is 622. The summed E-state index contributed by atoms with van der Waals surface area (Å²) in [7, 11) is 0. The number of piperidine rings is 1. The molecule has 0 aliphatic carbocycles. The molecule has 0 bridgehead atoms. The van der Waals surface area contributed by atoms with Gasteiger partial charge in [0, 0.05) is 13.1 Å². The first kappa shape index (κ1) is 13.7. The molecule has 0 atom stereocenters. The van der Waals surface area contributed by atoms with Gasteiger partial charge in [0.25, 0.3) is 5.91 Å². The van der Waals surface area contributed by atoms with Crippen LogP contribution in [0.4, 0.5) is 4.39 Å². The van der Waals surface area contributed by atoms with Gasteiger partial charge in [-0.1, -0.05) is 36.4 Å². The largest absolute Gasteiger partial charge is 0.337 e. The maximum Gasteiger partial charge on any atom is 0.272 e. The average Bonchev–Trinajstić information content (AvgIpc) is 2.55. The molecule has 4 heteroatoms. The van der Waals surface area contributed by atoms with E-state index in [1.807, 2.05) is 18.2 Å². The SMILES string of the molecule is O=C(c1cccc(F)n1)N1CCC(c2ccccc2)CC1. The number of aromatic nitrogens is 1. The fourth-order valence-corrected chi connectivity index (χ4v) is 2.83. The maximum atomic E-state index is 13.1. The highest BCUT2D eigenvalue weighted by Crippen LogP contribution is 2.28. The molecule has 1 aromatic heterocycles. The highest BCUT2D eigenvalue weighted by atomic mass is 19.1. The van der Waals surface area contributed by atoms with Crippen LogP contribution in [0.1, 0.15) is 34.8 Å². The van der Waals surface area contributed by atoms with Crippen molar-refractivity contribution in [2.45, 2.75) is 18.8 Å². The molecule has 2 aromatic rings. The lowest BCUT2D eigenvalue weighted by Crippen LogP contribution is -2.38. The molecule has 2 heterocycles. The second-order valence-corrected chi connectivity index (χ2v) is 5.32. The Morgan fingerprint density at radius 2 is 1.76 bits per heavy atom. The van der Waals surface area contributed by atoms with Crippen molar-refractivity contribution in [2.24, 2.45) is 0 Å². The van der Waals surface area contributed by atoms with E-state index in [0.717, 1.165) is 12.8 Å². The molecule has 3 rings (SSSR count). The topological polar surface area (TPSA) is 33.2 Å². The molecule has 1 saturated heterocycles. The number of nitrogens with zero attached hydrogens (tertiary/aromatic N) is 2. The van der Waals surface area contributed by atoms with Gasteiger partial charge >= 0.3 is 0 Å². The van der Waals surface area contributed by atoms with Crippen molar-refractivity contribution in [1.29, 1.82) is 0 Å². The molecule has 0 N–H and O–H groups in total. The Morgan fingerprint density at radius 3 is 2.43 bits per heavy atom. The molecule has 1 aliphatic heterocycles. The van der Waals surface area contributed by atoms with Crippen LogP contribution >= 0.6 is 0 Å². The van der Waals surface area contributed by atoms with E-state index in [4.69, 9.17) is 0 Å². The molecular formula is C17H17FN2O. The normalized spacial score (nSPS) is 16.0. The number of carbonyl (C=O) groups excluding carboxylic acids is 1. The first-order valence-electron chi connectivity index (χ1n) is 7.21. The predicted molar refractivity (Wildman–Crippen MR) is 78.5 cm³/mol. The number of amides is 1. The summed E-state index contributed by atoms with van der Waals surface area (Å²) in [5.41, 5.74) is 1.52. The van der Waals surface area contributed by atoms with Gasteiger partial charge in [0.15, 0.2) is 0 Å². The van der Waals surface area contributed by atoms with Crippen molar-refractivity contribution in [3.63, 3.8) is 0 Å². The van der Waals surface area contributed by atoms with E-state index in [0.29, 0.717) is 19.0 Å². The summed E-state index contributed by atoms with van der Waals surface area (Å²) < 4.78 is 13.1. The number of rotatable bonds is 2. The smallest absolute Gasteiger partial charge is 0.272 e. The van der Waals surface area contributed by atoms with Gasteiger partial charge in [-0.05, 0) is 36.5 Å². The highest BCUT2D eigenvalue weighted by molar-refractivity contribution is 5.92. The fourth-order valence-electron chi connectivity index (χ4n) is 2.83. The van der Waals surface area contributed by atoms with Crippen molar-refractivity contribution in [2.75, 3.05) is 13.1 Å².